The fourth-order valence-corrected chi connectivity index (χ4v) is 1.15. The number of nitrogen functional groups attached to an aromatic ring is 1. The van der Waals surface area contributed by atoms with E-state index in [1.165, 1.54) is 0 Å². The molecule has 1 rings (SSSR count). The Labute approximate surface area is 92.6 Å². The van der Waals surface area contributed by atoms with E-state index in [4.69, 9.17) is 5.73 Å². The maximum Gasteiger partial charge on any atom is 0.254 e. The fraction of sp³-hybridized carbons (Fsp3) is 0.364. The summed E-state index contributed by atoms with van der Waals surface area (Å²) < 4.78 is 26.2. The van der Waals surface area contributed by atoms with Gasteiger partial charge in [0.2, 0.25) is 0 Å². The van der Waals surface area contributed by atoms with E-state index in [1.54, 1.807) is 20.8 Å². The number of carbonyl (C=O) groups is 1. The van der Waals surface area contributed by atoms with Crippen LogP contribution in [0.15, 0.2) is 12.1 Å². The molecule has 5 heteroatoms. The number of carbonyl (C=O) groups excluding carboxylic acids is 1. The second-order valence-corrected chi connectivity index (χ2v) is 4.56. The van der Waals surface area contributed by atoms with Crippen molar-refractivity contribution in [1.29, 1.82) is 0 Å². The zero-order chi connectivity index (χ0) is 12.5. The number of nitrogens with two attached hydrogens (primary N) is 1. The first-order chi connectivity index (χ1) is 7.20. The van der Waals surface area contributed by atoms with Crippen LogP contribution < -0.4 is 11.1 Å². The molecular formula is C11H14F2N2O. The molecule has 0 aliphatic carbocycles. The molecule has 16 heavy (non-hydrogen) atoms. The number of amides is 1. The van der Waals surface area contributed by atoms with Crippen LogP contribution in [0.3, 0.4) is 0 Å². The van der Waals surface area contributed by atoms with Gasteiger partial charge in [-0.25, -0.2) is 8.78 Å². The van der Waals surface area contributed by atoms with Crippen molar-refractivity contribution in [3.63, 3.8) is 0 Å². The lowest BCUT2D eigenvalue weighted by Crippen LogP contribution is -2.41. The lowest BCUT2D eigenvalue weighted by atomic mass is 10.1. The summed E-state index contributed by atoms with van der Waals surface area (Å²) in [6.45, 7) is 5.28. The normalized spacial score (nSPS) is 11.3. The standard InChI is InChI=1S/C11H14F2N2O/c1-11(2,3)15-10(16)6-4-9(14)8(13)5-7(6)12/h4-5H,14H2,1-3H3,(H,15,16). The summed E-state index contributed by atoms with van der Waals surface area (Å²) in [5.74, 6) is -2.41. The maximum atomic E-state index is 13.3. The van der Waals surface area contributed by atoms with Gasteiger partial charge in [-0.3, -0.25) is 4.79 Å². The molecule has 3 N–H and O–H groups in total. The predicted octanol–water partition coefficient (Wildman–Crippen LogP) is 2.08. The van der Waals surface area contributed by atoms with Crippen LogP contribution in [0.25, 0.3) is 0 Å². The van der Waals surface area contributed by atoms with Crippen LogP contribution in [0.2, 0.25) is 0 Å². The fourth-order valence-electron chi connectivity index (χ4n) is 1.15. The second kappa shape index (κ2) is 4.08. The SMILES string of the molecule is CC(C)(C)NC(=O)c1cc(N)c(F)cc1F. The van der Waals surface area contributed by atoms with Crippen molar-refractivity contribution in [2.75, 3.05) is 5.73 Å². The van der Waals surface area contributed by atoms with Gasteiger partial charge in [-0.05, 0) is 26.8 Å². The summed E-state index contributed by atoms with van der Waals surface area (Å²) in [6, 6.07) is 1.60. The minimum Gasteiger partial charge on any atom is -0.396 e. The molecule has 0 aliphatic rings. The quantitative estimate of drug-likeness (QED) is 0.723. The van der Waals surface area contributed by atoms with E-state index in [-0.39, 0.29) is 11.3 Å². The Morgan fingerprint density at radius 1 is 1.25 bits per heavy atom. The number of nitrogens with one attached hydrogen (secondary N) is 1. The average molecular weight is 228 g/mol. The van der Waals surface area contributed by atoms with Crippen molar-refractivity contribution in [3.8, 4) is 0 Å². The number of rotatable bonds is 1. The largest absolute Gasteiger partial charge is 0.396 e. The third-order valence-corrected chi connectivity index (χ3v) is 1.82. The van der Waals surface area contributed by atoms with E-state index in [1.807, 2.05) is 0 Å². The number of halogens is 2. The Balaban J connectivity index is 3.05. The predicted molar refractivity (Wildman–Crippen MR) is 58.0 cm³/mol. The molecule has 1 aromatic rings. The van der Waals surface area contributed by atoms with Crippen molar-refractivity contribution < 1.29 is 13.6 Å². The average Bonchev–Trinajstić information content (AvgIpc) is 2.08. The van der Waals surface area contributed by atoms with Gasteiger partial charge in [0.1, 0.15) is 11.6 Å². The first kappa shape index (κ1) is 12.4. The van der Waals surface area contributed by atoms with Gasteiger partial charge in [0, 0.05) is 11.6 Å². The van der Waals surface area contributed by atoms with Gasteiger partial charge in [-0.2, -0.15) is 0 Å². The van der Waals surface area contributed by atoms with Gasteiger partial charge in [0.15, 0.2) is 0 Å². The van der Waals surface area contributed by atoms with Crippen LogP contribution in [0.5, 0.6) is 0 Å². The molecule has 0 aliphatic heterocycles. The van der Waals surface area contributed by atoms with Crippen LogP contribution in [-0.4, -0.2) is 11.4 Å². The van der Waals surface area contributed by atoms with Gasteiger partial charge in [0.05, 0.1) is 11.3 Å². The topological polar surface area (TPSA) is 55.1 Å². The number of hydrogen-bond acceptors (Lipinski definition) is 2. The Bertz CT molecular complexity index is 425. The van der Waals surface area contributed by atoms with E-state index in [9.17, 15) is 13.6 Å². The van der Waals surface area contributed by atoms with Crippen LogP contribution in [0.1, 0.15) is 31.1 Å². The van der Waals surface area contributed by atoms with E-state index in [0.717, 1.165) is 6.07 Å². The summed E-state index contributed by atoms with van der Waals surface area (Å²) >= 11 is 0. The molecule has 0 radical (unpaired) electrons. The summed E-state index contributed by atoms with van der Waals surface area (Å²) in [5, 5.41) is 2.57. The molecule has 0 saturated carbocycles. The molecule has 1 amide bonds. The highest BCUT2D eigenvalue weighted by Crippen LogP contribution is 2.17. The maximum absolute atomic E-state index is 13.3. The Hall–Kier alpha value is -1.65. The minimum absolute atomic E-state index is 0.250. The van der Waals surface area contributed by atoms with Crippen molar-refractivity contribution in [2.24, 2.45) is 0 Å². The summed E-state index contributed by atoms with van der Waals surface area (Å²) in [7, 11) is 0. The van der Waals surface area contributed by atoms with E-state index in [2.05, 4.69) is 5.32 Å². The molecule has 0 unspecified atom stereocenters. The first-order valence-electron chi connectivity index (χ1n) is 4.78. The summed E-state index contributed by atoms with van der Waals surface area (Å²) in [4.78, 5) is 11.6. The molecule has 3 nitrogen and oxygen atoms in total. The van der Waals surface area contributed by atoms with Crippen LogP contribution in [0.4, 0.5) is 14.5 Å². The Morgan fingerprint density at radius 3 is 2.31 bits per heavy atom. The van der Waals surface area contributed by atoms with Crippen molar-refractivity contribution >= 4 is 11.6 Å². The molecule has 1 aromatic carbocycles. The third-order valence-electron chi connectivity index (χ3n) is 1.82. The number of benzene rings is 1. The van der Waals surface area contributed by atoms with Gasteiger partial charge in [-0.1, -0.05) is 0 Å². The monoisotopic (exact) mass is 228 g/mol. The summed E-state index contributed by atoms with van der Waals surface area (Å²) in [6.07, 6.45) is 0. The highest BCUT2D eigenvalue weighted by molar-refractivity contribution is 5.95. The van der Waals surface area contributed by atoms with Crippen LogP contribution in [-0.2, 0) is 0 Å². The Morgan fingerprint density at radius 2 is 1.81 bits per heavy atom. The van der Waals surface area contributed by atoms with Crippen molar-refractivity contribution in [2.45, 2.75) is 26.3 Å². The highest BCUT2D eigenvalue weighted by atomic mass is 19.1. The van der Waals surface area contributed by atoms with Crippen LogP contribution in [0, 0.1) is 11.6 Å². The van der Waals surface area contributed by atoms with Crippen molar-refractivity contribution in [1.82, 2.24) is 5.32 Å². The molecule has 0 bridgehead atoms. The van der Waals surface area contributed by atoms with Crippen LogP contribution >= 0.6 is 0 Å². The van der Waals surface area contributed by atoms with Gasteiger partial charge < -0.3 is 11.1 Å². The molecular weight excluding hydrogens is 214 g/mol. The lowest BCUT2D eigenvalue weighted by molar-refractivity contribution is 0.0915. The molecule has 0 fully saturated rings. The molecule has 0 atom stereocenters. The van der Waals surface area contributed by atoms with E-state index < -0.39 is 23.1 Å². The Kier molecular flexibility index (Phi) is 3.16. The van der Waals surface area contributed by atoms with Gasteiger partial charge in [0.25, 0.3) is 5.91 Å². The lowest BCUT2D eigenvalue weighted by Gasteiger charge is -2.20. The third kappa shape index (κ3) is 2.92. The molecule has 0 aromatic heterocycles. The van der Waals surface area contributed by atoms with Gasteiger partial charge in [-0.15, -0.1) is 0 Å². The van der Waals surface area contributed by atoms with E-state index >= 15 is 0 Å². The zero-order valence-corrected chi connectivity index (χ0v) is 9.40. The smallest absolute Gasteiger partial charge is 0.254 e. The van der Waals surface area contributed by atoms with Crippen molar-refractivity contribution in [3.05, 3.63) is 29.3 Å². The molecule has 88 valence electrons. The minimum atomic E-state index is -0.923. The van der Waals surface area contributed by atoms with E-state index in [0.29, 0.717) is 6.07 Å². The second-order valence-electron chi connectivity index (χ2n) is 4.56. The number of hydrogen-bond donors (Lipinski definition) is 2. The first-order valence-corrected chi connectivity index (χ1v) is 4.78. The molecule has 0 spiro atoms. The number of anilines is 1. The zero-order valence-electron chi connectivity index (χ0n) is 9.40. The van der Waals surface area contributed by atoms with Gasteiger partial charge >= 0.3 is 0 Å². The highest BCUT2D eigenvalue weighted by Gasteiger charge is 2.19. The molecule has 0 heterocycles. The summed E-state index contributed by atoms with van der Waals surface area (Å²) in [5.41, 5.74) is 4.27. The molecule has 0 saturated heterocycles.